The van der Waals surface area contributed by atoms with Crippen molar-refractivity contribution in [2.45, 2.75) is 145 Å². The molecule has 0 fully saturated rings. The average Bonchev–Trinajstić information content (AvgIpc) is 3.97. The normalized spacial score (nSPS) is 12.8. The Morgan fingerprint density at radius 3 is 1.19 bits per heavy atom. The van der Waals surface area contributed by atoms with E-state index in [2.05, 4.69) is 261 Å². The summed E-state index contributed by atoms with van der Waals surface area (Å²) in [6.45, 7) is 48.1. The Morgan fingerprint density at radius 1 is 0.472 bits per heavy atom. The molecular formula is C64H81Cl2Si5Zr-3. The van der Waals surface area contributed by atoms with Crippen LogP contribution in [0.15, 0.2) is 127 Å². The Morgan fingerprint density at radius 2 is 0.833 bits per heavy atom. The van der Waals surface area contributed by atoms with Gasteiger partial charge in [0.1, 0.15) is 0 Å². The van der Waals surface area contributed by atoms with Crippen LogP contribution in [0.1, 0.15) is 63.8 Å². The number of aryl methyl sites for hydroxylation is 2. The van der Waals surface area contributed by atoms with Crippen molar-refractivity contribution < 1.29 is 20.8 Å². The maximum atomic E-state index is 4.93. The second kappa shape index (κ2) is 22.4. The van der Waals surface area contributed by atoms with Gasteiger partial charge in [-0.1, -0.05) is 248 Å². The summed E-state index contributed by atoms with van der Waals surface area (Å²) in [5.74, 6) is 0. The molecule has 0 bridgehead atoms. The van der Waals surface area contributed by atoms with Crippen molar-refractivity contribution in [3.8, 4) is 33.4 Å². The summed E-state index contributed by atoms with van der Waals surface area (Å²) in [7, 11) is 5.02. The molecule has 0 N–H and O–H groups in total. The largest absolute Gasteiger partial charge is 0.184 e. The molecule has 0 saturated carbocycles. The van der Waals surface area contributed by atoms with Crippen molar-refractivity contribution in [1.29, 1.82) is 0 Å². The van der Waals surface area contributed by atoms with Crippen LogP contribution in [0.5, 0.6) is 0 Å². The molecule has 1 aliphatic heterocycles. The standard InChI is InChI=1S/2C26H37Si2.C12H7Si.2ClH.Zr/c2*1-18-13-19-11-12-24(26(2,3)4)25(23(19)14-18)20-15-21(27(5,6)7)17-22(16-20)28(8,9)10;1-3-7-11-9(5-1)10-6-2-4-8-12(10)13-11;;;/h2*11-17H,1-10H3;1-7H;2*1H;/q3*-1;;;+2/p-2. The van der Waals surface area contributed by atoms with Gasteiger partial charge in [0.05, 0.1) is 41.8 Å². The first-order valence-electron chi connectivity index (χ1n) is 25.8. The molecule has 9 rings (SSSR count). The summed E-state index contributed by atoms with van der Waals surface area (Å²) in [4.78, 5) is 0. The Labute approximate surface area is 462 Å². The molecule has 0 saturated heterocycles. The number of fused-ring (bicyclic) bond motifs is 5. The van der Waals surface area contributed by atoms with E-state index in [1.165, 1.54) is 87.6 Å². The van der Waals surface area contributed by atoms with Gasteiger partial charge in [-0.25, -0.2) is 0 Å². The van der Waals surface area contributed by atoms with Crippen molar-refractivity contribution in [2.75, 3.05) is 0 Å². The number of hydrogen-bond acceptors (Lipinski definition) is 0. The van der Waals surface area contributed by atoms with Crippen molar-refractivity contribution in [1.82, 2.24) is 0 Å². The van der Waals surface area contributed by atoms with Gasteiger partial charge in [-0.15, -0.1) is 74.6 Å². The minimum atomic E-state index is -1.41. The van der Waals surface area contributed by atoms with Gasteiger partial charge >= 0.3 is 37.9 Å². The third-order valence-electron chi connectivity index (χ3n) is 13.9. The van der Waals surface area contributed by atoms with E-state index in [9.17, 15) is 0 Å². The van der Waals surface area contributed by atoms with E-state index in [1.807, 2.05) is 6.07 Å². The third-order valence-corrected chi connectivity index (χ3v) is 23.4. The Kier molecular flexibility index (Phi) is 18.1. The average molecular weight is 1150 g/mol. The topological polar surface area (TPSA) is 0 Å². The van der Waals surface area contributed by atoms with E-state index in [4.69, 9.17) is 17.0 Å². The molecule has 72 heavy (non-hydrogen) atoms. The van der Waals surface area contributed by atoms with Gasteiger partial charge < -0.3 is 0 Å². The Bertz CT molecular complexity index is 2910. The predicted octanol–water partition coefficient (Wildman–Crippen LogP) is 16.3. The van der Waals surface area contributed by atoms with Gasteiger partial charge in [0.2, 0.25) is 0 Å². The molecule has 1 heterocycles. The fourth-order valence-electron chi connectivity index (χ4n) is 9.74. The summed E-state index contributed by atoms with van der Waals surface area (Å²) >= 11 is -0.826. The van der Waals surface area contributed by atoms with Crippen LogP contribution in [0.3, 0.4) is 0 Å². The molecule has 8 aromatic carbocycles. The molecule has 0 aliphatic carbocycles. The molecule has 0 amide bonds. The van der Waals surface area contributed by atoms with E-state index in [1.54, 1.807) is 20.7 Å². The van der Waals surface area contributed by atoms with Gasteiger partial charge in [0, 0.05) is 0 Å². The minimum absolute atomic E-state index is 0.114. The SMILES string of the molecule is Cc1cc2c(-c3cc([Si](C)(C)C)cc([Si](C)(C)C)c3)c(C(C)(C)C)ccc2[cH-]1.Cc1cc2c(-c3cc([Si](C)(C)C)cc([Si](C)(C)C)c3)c(C(C)(C)C)ccc2[cH-]1.[Cl][Zr][Cl].[c-]1cccc2c1[Si]c1ccccc1-2. The van der Waals surface area contributed by atoms with E-state index < -0.39 is 53.1 Å². The molecule has 0 atom stereocenters. The van der Waals surface area contributed by atoms with Crippen LogP contribution in [-0.2, 0) is 31.7 Å². The molecule has 378 valence electrons. The molecule has 0 unspecified atom stereocenters. The molecule has 8 heteroatoms. The second-order valence-corrected chi connectivity index (χ2v) is 51.7. The van der Waals surface area contributed by atoms with Gasteiger partial charge in [-0.3, -0.25) is 0 Å². The zero-order valence-corrected chi connectivity index (χ0v) is 56.4. The van der Waals surface area contributed by atoms with E-state index >= 15 is 0 Å². The first kappa shape index (κ1) is 58.4. The monoisotopic (exact) mass is 1150 g/mol. The molecule has 8 aromatic rings. The predicted molar refractivity (Wildman–Crippen MR) is 336 cm³/mol. The molecular weight excluding hydrogens is 1070 g/mol. The van der Waals surface area contributed by atoms with Crippen LogP contribution in [0.4, 0.5) is 0 Å². The number of halogens is 2. The first-order chi connectivity index (χ1) is 33.2. The summed E-state index contributed by atoms with van der Waals surface area (Å²) < 4.78 is 0. The van der Waals surface area contributed by atoms with Crippen LogP contribution in [0.25, 0.3) is 54.9 Å². The molecule has 1 aliphatic rings. The molecule has 0 aromatic heterocycles. The van der Waals surface area contributed by atoms with Gasteiger partial charge in [-0.2, -0.15) is 41.6 Å². The maximum absolute atomic E-state index is 4.93. The molecule has 0 spiro atoms. The van der Waals surface area contributed by atoms with Gasteiger partial charge in [0.15, 0.2) is 0 Å². The zero-order valence-electron chi connectivity index (χ0n) is 47.4. The minimum Gasteiger partial charge on any atom is -0.184 e. The first-order valence-corrected chi connectivity index (χ1v) is 47.1. The molecule has 2 radical (unpaired) electrons. The summed E-state index contributed by atoms with van der Waals surface area (Å²) in [6, 6.07) is 52.1. The summed E-state index contributed by atoms with van der Waals surface area (Å²) in [5, 5.41) is 14.7. The molecule has 0 nitrogen and oxygen atoms in total. The second-order valence-electron chi connectivity index (χ2n) is 26.3. The van der Waals surface area contributed by atoms with Crippen molar-refractivity contribution in [2.24, 2.45) is 0 Å². The smallest absolute Gasteiger partial charge is 0.0920 e. The zero-order chi connectivity index (χ0) is 53.5. The van der Waals surface area contributed by atoms with Crippen LogP contribution in [0.2, 0.25) is 78.6 Å². The van der Waals surface area contributed by atoms with Crippen LogP contribution in [-0.4, -0.2) is 41.8 Å². The Hall–Kier alpha value is -2.91. The van der Waals surface area contributed by atoms with Gasteiger partial charge in [-0.05, 0) is 22.0 Å². The number of rotatable bonds is 6. The Balaban J connectivity index is 0.000000181. The van der Waals surface area contributed by atoms with Crippen LogP contribution >= 0.6 is 17.0 Å². The summed E-state index contributed by atoms with van der Waals surface area (Å²) in [5.41, 5.74) is 14.4. The fourth-order valence-corrected chi connectivity index (χ4v) is 16.0. The summed E-state index contributed by atoms with van der Waals surface area (Å²) in [6.07, 6.45) is 0. The van der Waals surface area contributed by atoms with E-state index in [0.717, 1.165) is 9.52 Å². The van der Waals surface area contributed by atoms with Crippen molar-refractivity contribution >= 4 is 112 Å². The van der Waals surface area contributed by atoms with E-state index in [0.29, 0.717) is 0 Å². The maximum Gasteiger partial charge on any atom is 0.0920 e. The van der Waals surface area contributed by atoms with Crippen molar-refractivity contribution in [3.05, 3.63) is 156 Å². The van der Waals surface area contributed by atoms with Crippen LogP contribution in [0, 0.1) is 19.9 Å². The van der Waals surface area contributed by atoms with Gasteiger partial charge in [0.25, 0.3) is 0 Å². The van der Waals surface area contributed by atoms with Crippen LogP contribution < -0.4 is 31.1 Å². The van der Waals surface area contributed by atoms with Crippen molar-refractivity contribution in [3.63, 3.8) is 0 Å². The number of hydrogen-bond donors (Lipinski definition) is 0. The van der Waals surface area contributed by atoms with E-state index in [-0.39, 0.29) is 10.8 Å². The third kappa shape index (κ3) is 13.9. The quantitative estimate of drug-likeness (QED) is 0.115. The fraction of sp³-hybridized carbons (Fsp3) is 0.344. The number of benzene rings is 6.